The van der Waals surface area contributed by atoms with E-state index in [0.29, 0.717) is 10.2 Å². The lowest BCUT2D eigenvalue weighted by molar-refractivity contribution is 1.49. The van der Waals surface area contributed by atoms with E-state index < -0.39 is 0 Å². The zero-order chi connectivity index (χ0) is 13.0. The lowest BCUT2D eigenvalue weighted by Crippen LogP contribution is -2.04. The van der Waals surface area contributed by atoms with Gasteiger partial charge in [0.25, 0.3) is 0 Å². The standard InChI is InChI=1S/C14H13ClN2S.HI/c1-18-14(16)17-12-9-5-8-11(15)13(12)10-6-3-2-4-7-10;/h2-9H,1H3,(H2,16,17);1H. The van der Waals surface area contributed by atoms with E-state index in [-0.39, 0.29) is 24.0 Å². The molecule has 0 bridgehead atoms. The summed E-state index contributed by atoms with van der Waals surface area (Å²) in [6, 6.07) is 15.6. The highest BCUT2D eigenvalue weighted by Gasteiger charge is 2.08. The van der Waals surface area contributed by atoms with Crippen molar-refractivity contribution < 1.29 is 0 Å². The first-order valence-electron chi connectivity index (χ1n) is 5.44. The first-order valence-corrected chi connectivity index (χ1v) is 7.04. The van der Waals surface area contributed by atoms with Gasteiger partial charge in [0, 0.05) is 5.56 Å². The molecule has 0 unspecified atom stereocenters. The first-order chi connectivity index (χ1) is 8.72. The number of nitrogens with two attached hydrogens (primary N) is 1. The Kier molecular flexibility index (Phi) is 6.68. The van der Waals surface area contributed by atoms with E-state index in [1.807, 2.05) is 54.8 Å². The SMILES string of the molecule is CSC(N)=Nc1cccc(Cl)c1-c1ccccc1.I. The third-order valence-electron chi connectivity index (χ3n) is 2.49. The van der Waals surface area contributed by atoms with Crippen molar-refractivity contribution in [2.24, 2.45) is 10.7 Å². The Morgan fingerprint density at radius 1 is 1.11 bits per heavy atom. The number of hydrogen-bond donors (Lipinski definition) is 1. The van der Waals surface area contributed by atoms with Gasteiger partial charge in [-0.05, 0) is 24.0 Å². The fraction of sp³-hybridized carbons (Fsp3) is 0.0714. The van der Waals surface area contributed by atoms with Crippen LogP contribution in [0.3, 0.4) is 0 Å². The lowest BCUT2D eigenvalue weighted by Gasteiger charge is -2.08. The van der Waals surface area contributed by atoms with Crippen LogP contribution in [0.1, 0.15) is 0 Å². The average Bonchev–Trinajstić information content (AvgIpc) is 2.40. The number of halogens is 2. The molecule has 0 saturated heterocycles. The smallest absolute Gasteiger partial charge is 0.158 e. The lowest BCUT2D eigenvalue weighted by atomic mass is 10.0. The minimum Gasteiger partial charge on any atom is -0.378 e. The second kappa shape index (κ2) is 7.77. The molecule has 2 rings (SSSR count). The van der Waals surface area contributed by atoms with Gasteiger partial charge in [0.1, 0.15) is 0 Å². The van der Waals surface area contributed by atoms with E-state index in [1.165, 1.54) is 11.8 Å². The zero-order valence-corrected chi connectivity index (χ0v) is 14.2. The minimum absolute atomic E-state index is 0. The van der Waals surface area contributed by atoms with E-state index in [1.54, 1.807) is 0 Å². The molecule has 0 atom stereocenters. The number of rotatable bonds is 2. The Hall–Kier alpha value is -0.720. The molecule has 0 aliphatic carbocycles. The predicted octanol–water partition coefficient (Wildman–Crippen LogP) is 4.93. The van der Waals surface area contributed by atoms with Crippen molar-refractivity contribution in [2.45, 2.75) is 0 Å². The van der Waals surface area contributed by atoms with Crippen molar-refractivity contribution in [2.75, 3.05) is 6.26 Å². The number of aliphatic imine (C=N–C) groups is 1. The molecule has 0 saturated carbocycles. The molecule has 2 N–H and O–H groups in total. The maximum atomic E-state index is 6.27. The van der Waals surface area contributed by atoms with Gasteiger partial charge in [-0.1, -0.05) is 59.8 Å². The fourth-order valence-electron chi connectivity index (χ4n) is 1.66. The van der Waals surface area contributed by atoms with Crippen LogP contribution in [0.15, 0.2) is 53.5 Å². The van der Waals surface area contributed by atoms with Crippen LogP contribution in [0.2, 0.25) is 5.02 Å². The quantitative estimate of drug-likeness (QED) is 0.438. The Bertz CT molecular complexity index is 573. The summed E-state index contributed by atoms with van der Waals surface area (Å²) in [5, 5.41) is 1.20. The topological polar surface area (TPSA) is 38.4 Å². The van der Waals surface area contributed by atoms with Gasteiger partial charge < -0.3 is 5.73 Å². The van der Waals surface area contributed by atoms with Crippen LogP contribution in [0.25, 0.3) is 11.1 Å². The molecule has 0 aromatic heterocycles. The molecule has 0 heterocycles. The van der Waals surface area contributed by atoms with Crippen LogP contribution in [0.4, 0.5) is 5.69 Å². The number of hydrogen-bond acceptors (Lipinski definition) is 2. The van der Waals surface area contributed by atoms with E-state index in [0.717, 1.165) is 16.8 Å². The molecule has 2 aromatic rings. The molecule has 0 aliphatic heterocycles. The van der Waals surface area contributed by atoms with Crippen LogP contribution in [-0.2, 0) is 0 Å². The van der Waals surface area contributed by atoms with Crippen LogP contribution in [0.5, 0.6) is 0 Å². The number of amidine groups is 1. The summed E-state index contributed by atoms with van der Waals surface area (Å²) in [5.41, 5.74) is 8.52. The summed E-state index contributed by atoms with van der Waals surface area (Å²) < 4.78 is 0. The largest absolute Gasteiger partial charge is 0.378 e. The van der Waals surface area contributed by atoms with Crippen molar-refractivity contribution in [1.82, 2.24) is 0 Å². The molecule has 2 nitrogen and oxygen atoms in total. The summed E-state index contributed by atoms with van der Waals surface area (Å²) in [6.45, 7) is 0. The monoisotopic (exact) mass is 404 g/mol. The molecular formula is C14H14ClIN2S. The van der Waals surface area contributed by atoms with Gasteiger partial charge >= 0.3 is 0 Å². The summed E-state index contributed by atoms with van der Waals surface area (Å²) in [5.74, 6) is 0. The van der Waals surface area contributed by atoms with E-state index in [9.17, 15) is 0 Å². The molecule has 5 heteroatoms. The molecule has 0 amide bonds. The van der Waals surface area contributed by atoms with Crippen molar-refractivity contribution in [3.05, 3.63) is 53.6 Å². The Morgan fingerprint density at radius 2 is 1.79 bits per heavy atom. The van der Waals surface area contributed by atoms with Crippen molar-refractivity contribution >= 4 is 58.2 Å². The molecule has 0 aliphatic rings. The summed E-state index contributed by atoms with van der Waals surface area (Å²) in [6.07, 6.45) is 1.89. The van der Waals surface area contributed by atoms with Crippen molar-refractivity contribution in [1.29, 1.82) is 0 Å². The number of thioether (sulfide) groups is 1. The minimum atomic E-state index is 0. The third kappa shape index (κ3) is 4.12. The maximum absolute atomic E-state index is 6.27. The highest BCUT2D eigenvalue weighted by Crippen LogP contribution is 2.36. The molecule has 0 spiro atoms. The second-order valence-electron chi connectivity index (χ2n) is 3.65. The van der Waals surface area contributed by atoms with E-state index in [2.05, 4.69) is 4.99 Å². The molecule has 19 heavy (non-hydrogen) atoms. The van der Waals surface area contributed by atoms with Crippen LogP contribution in [0, 0.1) is 0 Å². The van der Waals surface area contributed by atoms with E-state index in [4.69, 9.17) is 17.3 Å². The van der Waals surface area contributed by atoms with Crippen molar-refractivity contribution in [3.8, 4) is 11.1 Å². The second-order valence-corrected chi connectivity index (χ2v) is 4.89. The first kappa shape index (κ1) is 16.3. The predicted molar refractivity (Wildman–Crippen MR) is 97.1 cm³/mol. The van der Waals surface area contributed by atoms with Crippen LogP contribution >= 0.6 is 47.3 Å². The molecule has 0 fully saturated rings. The maximum Gasteiger partial charge on any atom is 0.158 e. The van der Waals surface area contributed by atoms with Crippen LogP contribution < -0.4 is 5.73 Å². The molecule has 0 radical (unpaired) electrons. The number of nitrogens with zero attached hydrogens (tertiary/aromatic N) is 1. The van der Waals surface area contributed by atoms with Gasteiger partial charge in [-0.15, -0.1) is 24.0 Å². The van der Waals surface area contributed by atoms with Crippen LogP contribution in [-0.4, -0.2) is 11.4 Å². The summed E-state index contributed by atoms with van der Waals surface area (Å²) in [4.78, 5) is 4.39. The van der Waals surface area contributed by atoms with Gasteiger partial charge in [-0.2, -0.15) is 0 Å². The highest BCUT2D eigenvalue weighted by atomic mass is 127. The van der Waals surface area contributed by atoms with E-state index >= 15 is 0 Å². The molecule has 100 valence electrons. The Balaban J connectivity index is 0.00000180. The Morgan fingerprint density at radius 3 is 2.42 bits per heavy atom. The summed E-state index contributed by atoms with van der Waals surface area (Å²) in [7, 11) is 0. The number of benzene rings is 2. The molecular weight excluding hydrogens is 391 g/mol. The highest BCUT2D eigenvalue weighted by molar-refractivity contribution is 14.0. The van der Waals surface area contributed by atoms with Crippen molar-refractivity contribution in [3.63, 3.8) is 0 Å². The zero-order valence-electron chi connectivity index (χ0n) is 10.3. The summed E-state index contributed by atoms with van der Waals surface area (Å²) >= 11 is 7.69. The normalized spacial score (nSPS) is 10.9. The third-order valence-corrected chi connectivity index (χ3v) is 3.32. The van der Waals surface area contributed by atoms with Gasteiger partial charge in [0.2, 0.25) is 0 Å². The molecule has 2 aromatic carbocycles. The van der Waals surface area contributed by atoms with Gasteiger partial charge in [-0.25, -0.2) is 4.99 Å². The Labute approximate surface area is 139 Å². The van der Waals surface area contributed by atoms with Gasteiger partial charge in [-0.3, -0.25) is 0 Å². The van der Waals surface area contributed by atoms with Gasteiger partial charge in [0.15, 0.2) is 5.17 Å². The fourth-order valence-corrected chi connectivity index (χ4v) is 2.13. The van der Waals surface area contributed by atoms with Gasteiger partial charge in [0.05, 0.1) is 10.7 Å². The average molecular weight is 405 g/mol.